The summed E-state index contributed by atoms with van der Waals surface area (Å²) in [6.07, 6.45) is 0.679. The van der Waals surface area contributed by atoms with Gasteiger partial charge in [0, 0.05) is 25.9 Å². The maximum Gasteiger partial charge on any atom is 0.258 e. The lowest BCUT2D eigenvalue weighted by Gasteiger charge is -2.23. The molecule has 1 aliphatic heterocycles. The number of hydrogen-bond donors (Lipinski definition) is 1. The van der Waals surface area contributed by atoms with Gasteiger partial charge in [0.05, 0.1) is 36.6 Å². The normalized spacial score (nSPS) is 13.5. The van der Waals surface area contributed by atoms with E-state index in [0.717, 1.165) is 22.3 Å². The molecule has 164 valence electrons. The molecular formula is C21H24N4O5S. The van der Waals surface area contributed by atoms with Gasteiger partial charge in [0.15, 0.2) is 0 Å². The van der Waals surface area contributed by atoms with Gasteiger partial charge >= 0.3 is 0 Å². The molecule has 0 amide bonds. The SMILES string of the molecule is COCCNS(=O)(=O)c1ccc2c(c1)CCN2c1c(OC)nnc2cccc(OC)c12. The third-order valence-electron chi connectivity index (χ3n) is 5.23. The summed E-state index contributed by atoms with van der Waals surface area (Å²) < 4.78 is 43.7. The average Bonchev–Trinajstić information content (AvgIpc) is 3.20. The topological polar surface area (TPSA) is 103 Å². The molecule has 1 aromatic heterocycles. The summed E-state index contributed by atoms with van der Waals surface area (Å²) in [4.78, 5) is 2.30. The van der Waals surface area contributed by atoms with Gasteiger partial charge < -0.3 is 19.1 Å². The lowest BCUT2D eigenvalue weighted by Crippen LogP contribution is -2.27. The van der Waals surface area contributed by atoms with Crippen molar-refractivity contribution in [3.63, 3.8) is 0 Å². The fourth-order valence-electron chi connectivity index (χ4n) is 3.79. The van der Waals surface area contributed by atoms with Crippen LogP contribution in [-0.2, 0) is 21.2 Å². The van der Waals surface area contributed by atoms with Gasteiger partial charge in [0.2, 0.25) is 10.0 Å². The first kappa shape index (κ1) is 21.3. The van der Waals surface area contributed by atoms with Gasteiger partial charge in [-0.2, -0.15) is 0 Å². The summed E-state index contributed by atoms with van der Waals surface area (Å²) in [6.45, 7) is 1.17. The Balaban J connectivity index is 1.78. The Morgan fingerprint density at radius 1 is 1.10 bits per heavy atom. The number of hydrogen-bond acceptors (Lipinski definition) is 8. The summed E-state index contributed by atoms with van der Waals surface area (Å²) in [5, 5.41) is 9.27. The van der Waals surface area contributed by atoms with E-state index in [1.54, 1.807) is 26.4 Å². The number of nitrogens with one attached hydrogen (secondary N) is 1. The van der Waals surface area contributed by atoms with E-state index < -0.39 is 10.0 Å². The van der Waals surface area contributed by atoms with Crippen molar-refractivity contribution in [1.29, 1.82) is 0 Å². The molecule has 3 aromatic rings. The molecule has 0 bridgehead atoms. The van der Waals surface area contributed by atoms with E-state index in [1.165, 1.54) is 7.11 Å². The minimum atomic E-state index is -3.61. The van der Waals surface area contributed by atoms with Crippen molar-refractivity contribution in [2.24, 2.45) is 0 Å². The van der Waals surface area contributed by atoms with E-state index in [2.05, 4.69) is 19.8 Å². The highest BCUT2D eigenvalue weighted by Gasteiger charge is 2.29. The van der Waals surface area contributed by atoms with Crippen LogP contribution in [0.25, 0.3) is 10.9 Å². The third kappa shape index (κ3) is 3.89. The van der Waals surface area contributed by atoms with Crippen LogP contribution in [0, 0.1) is 0 Å². The molecule has 1 aliphatic rings. The molecule has 1 N–H and O–H groups in total. The van der Waals surface area contributed by atoms with E-state index in [4.69, 9.17) is 14.2 Å². The van der Waals surface area contributed by atoms with Gasteiger partial charge in [-0.15, -0.1) is 10.2 Å². The summed E-state index contributed by atoms with van der Waals surface area (Å²) in [7, 11) is 1.07. The smallest absolute Gasteiger partial charge is 0.258 e. The molecule has 0 unspecified atom stereocenters. The largest absolute Gasteiger partial charge is 0.496 e. The molecule has 0 fully saturated rings. The van der Waals surface area contributed by atoms with Gasteiger partial charge in [-0.1, -0.05) is 6.07 Å². The van der Waals surface area contributed by atoms with E-state index in [0.29, 0.717) is 36.7 Å². The minimum absolute atomic E-state index is 0.216. The fourth-order valence-corrected chi connectivity index (χ4v) is 4.85. The number of fused-ring (bicyclic) bond motifs is 2. The summed E-state index contributed by atoms with van der Waals surface area (Å²) in [6, 6.07) is 10.7. The monoisotopic (exact) mass is 444 g/mol. The standard InChI is InChI=1S/C21H24N4O5S/c1-28-12-10-22-31(26,27)15-7-8-17-14(13-15)9-11-25(17)20-19-16(23-24-21(20)30-3)5-4-6-18(19)29-2/h4-8,13,22H,9-12H2,1-3H3. The lowest BCUT2D eigenvalue weighted by molar-refractivity contribution is 0.204. The van der Waals surface area contributed by atoms with Crippen molar-refractivity contribution >= 4 is 32.3 Å². The van der Waals surface area contributed by atoms with Crippen molar-refractivity contribution in [3.05, 3.63) is 42.0 Å². The molecule has 0 aliphatic carbocycles. The van der Waals surface area contributed by atoms with E-state index in [-0.39, 0.29) is 11.4 Å². The Labute approximate surface area is 181 Å². The molecule has 9 nitrogen and oxygen atoms in total. The van der Waals surface area contributed by atoms with E-state index in [1.807, 2.05) is 24.3 Å². The average molecular weight is 445 g/mol. The van der Waals surface area contributed by atoms with Crippen molar-refractivity contribution in [3.8, 4) is 11.6 Å². The van der Waals surface area contributed by atoms with Crippen molar-refractivity contribution in [2.75, 3.05) is 45.9 Å². The number of rotatable bonds is 8. The molecule has 0 saturated carbocycles. The molecular weight excluding hydrogens is 420 g/mol. The van der Waals surface area contributed by atoms with Crippen LogP contribution >= 0.6 is 0 Å². The number of sulfonamides is 1. The number of nitrogens with zero attached hydrogens (tertiary/aromatic N) is 3. The molecule has 31 heavy (non-hydrogen) atoms. The van der Waals surface area contributed by atoms with Crippen LogP contribution in [-0.4, -0.2) is 59.6 Å². The lowest BCUT2D eigenvalue weighted by atomic mass is 10.1. The zero-order valence-electron chi connectivity index (χ0n) is 17.6. The molecule has 10 heteroatoms. The first-order valence-electron chi connectivity index (χ1n) is 9.76. The Bertz CT molecular complexity index is 1220. The van der Waals surface area contributed by atoms with Crippen LogP contribution in [0.15, 0.2) is 41.3 Å². The molecule has 0 spiro atoms. The van der Waals surface area contributed by atoms with Gasteiger partial charge in [0.25, 0.3) is 5.88 Å². The van der Waals surface area contributed by atoms with Crippen molar-refractivity contribution < 1.29 is 22.6 Å². The predicted octanol–water partition coefficient (Wildman–Crippen LogP) is 2.27. The first-order chi connectivity index (χ1) is 15.0. The summed E-state index contributed by atoms with van der Waals surface area (Å²) in [5.74, 6) is 1.04. The summed E-state index contributed by atoms with van der Waals surface area (Å²) in [5.41, 5.74) is 3.26. The van der Waals surface area contributed by atoms with Crippen LogP contribution in [0.4, 0.5) is 11.4 Å². The second-order valence-electron chi connectivity index (χ2n) is 7.00. The van der Waals surface area contributed by atoms with Crippen LogP contribution < -0.4 is 19.1 Å². The van der Waals surface area contributed by atoms with Gasteiger partial charge in [0.1, 0.15) is 11.4 Å². The molecule has 0 radical (unpaired) electrons. The second kappa shape index (κ2) is 8.66. The maximum atomic E-state index is 12.6. The highest BCUT2D eigenvalue weighted by Crippen LogP contribution is 2.45. The number of methoxy groups -OCH3 is 3. The zero-order valence-corrected chi connectivity index (χ0v) is 18.4. The van der Waals surface area contributed by atoms with E-state index in [9.17, 15) is 8.42 Å². The second-order valence-corrected chi connectivity index (χ2v) is 8.76. The Hall–Kier alpha value is -2.95. The van der Waals surface area contributed by atoms with Crippen LogP contribution in [0.3, 0.4) is 0 Å². The number of aromatic nitrogens is 2. The van der Waals surface area contributed by atoms with Crippen molar-refractivity contribution in [2.45, 2.75) is 11.3 Å². The number of anilines is 2. The highest BCUT2D eigenvalue weighted by molar-refractivity contribution is 7.89. The van der Waals surface area contributed by atoms with Gasteiger partial charge in [-0.05, 0) is 42.3 Å². The molecule has 2 heterocycles. The van der Waals surface area contributed by atoms with Crippen LogP contribution in [0.5, 0.6) is 11.6 Å². The molecule has 0 atom stereocenters. The zero-order chi connectivity index (χ0) is 22.0. The van der Waals surface area contributed by atoms with Gasteiger partial charge in [-0.3, -0.25) is 0 Å². The van der Waals surface area contributed by atoms with Crippen LogP contribution in [0.2, 0.25) is 0 Å². The Morgan fingerprint density at radius 3 is 2.68 bits per heavy atom. The molecule has 2 aromatic carbocycles. The van der Waals surface area contributed by atoms with Crippen molar-refractivity contribution in [1.82, 2.24) is 14.9 Å². The quantitative estimate of drug-likeness (QED) is 0.528. The number of benzene rings is 2. The van der Waals surface area contributed by atoms with Gasteiger partial charge in [-0.25, -0.2) is 13.1 Å². The Kier molecular flexibility index (Phi) is 5.94. The molecule has 0 saturated heterocycles. The fraction of sp³-hybridized carbons (Fsp3) is 0.333. The Morgan fingerprint density at radius 2 is 1.94 bits per heavy atom. The van der Waals surface area contributed by atoms with Crippen LogP contribution in [0.1, 0.15) is 5.56 Å². The third-order valence-corrected chi connectivity index (χ3v) is 6.69. The summed E-state index contributed by atoms with van der Waals surface area (Å²) >= 11 is 0. The first-order valence-corrected chi connectivity index (χ1v) is 11.2. The van der Waals surface area contributed by atoms with E-state index >= 15 is 0 Å². The highest BCUT2D eigenvalue weighted by atomic mass is 32.2. The minimum Gasteiger partial charge on any atom is -0.496 e. The number of ether oxygens (including phenoxy) is 3. The predicted molar refractivity (Wildman–Crippen MR) is 117 cm³/mol. The maximum absolute atomic E-state index is 12.6. The molecule has 4 rings (SSSR count).